The van der Waals surface area contributed by atoms with Gasteiger partial charge in [0.05, 0.1) is 13.0 Å². The molecular weight excluding hydrogens is 344 g/mol. The highest BCUT2D eigenvalue weighted by Gasteiger charge is 2.49. The normalized spacial score (nSPS) is 27.0. The number of hydrogen-bond acceptors (Lipinski definition) is 6. The molecule has 8 nitrogen and oxygen atoms in total. The van der Waals surface area contributed by atoms with Crippen LogP contribution in [0.1, 0.15) is 19.3 Å². The third-order valence-corrected chi connectivity index (χ3v) is 5.33. The molecule has 3 N–H and O–H groups in total. The zero-order chi connectivity index (χ0) is 16.7. The topological polar surface area (TPSA) is 108 Å². The van der Waals surface area contributed by atoms with Crippen molar-refractivity contribution < 1.29 is 9.53 Å². The number of anilines is 1. The molecule has 2 aliphatic rings. The number of nitrogens with two attached hydrogens (primary N) is 1. The van der Waals surface area contributed by atoms with E-state index in [4.69, 9.17) is 10.5 Å². The Bertz CT molecular complexity index is 751. The number of carbonyl (C=O) groups is 1. The summed E-state index contributed by atoms with van der Waals surface area (Å²) in [7, 11) is 1.58. The van der Waals surface area contributed by atoms with Crippen LogP contribution in [-0.4, -0.2) is 39.3 Å². The summed E-state index contributed by atoms with van der Waals surface area (Å²) in [6.07, 6.45) is 4.82. The van der Waals surface area contributed by atoms with Gasteiger partial charge in [0.15, 0.2) is 0 Å². The molecule has 2 bridgehead atoms. The zero-order valence-corrected chi connectivity index (χ0v) is 14.6. The van der Waals surface area contributed by atoms with E-state index >= 15 is 0 Å². The van der Waals surface area contributed by atoms with Gasteiger partial charge in [0.1, 0.15) is 17.8 Å². The molecule has 4 atom stereocenters. The lowest BCUT2D eigenvalue weighted by molar-refractivity contribution is -0.121. The molecule has 1 aromatic heterocycles. The van der Waals surface area contributed by atoms with E-state index in [-0.39, 0.29) is 30.3 Å². The number of hydrogen-bond donors (Lipinski definition) is 2. The molecule has 1 heterocycles. The minimum atomic E-state index is -0.0951. The second-order valence-electron chi connectivity index (χ2n) is 6.57. The highest BCUT2D eigenvalue weighted by atomic mass is 35.5. The lowest BCUT2D eigenvalue weighted by Crippen LogP contribution is -2.42. The first-order valence-corrected chi connectivity index (χ1v) is 8.15. The number of aromatic nitrogens is 4. The summed E-state index contributed by atoms with van der Waals surface area (Å²) in [5, 5.41) is 14.1. The molecule has 0 saturated heterocycles. The first kappa shape index (κ1) is 17.6. The Morgan fingerprint density at radius 1 is 1.36 bits per heavy atom. The number of benzene rings is 1. The fourth-order valence-electron chi connectivity index (χ4n) is 4.17. The molecule has 1 amide bonds. The van der Waals surface area contributed by atoms with Crippen molar-refractivity contribution in [2.75, 3.05) is 12.4 Å². The number of rotatable bonds is 4. The number of methoxy groups -OCH3 is 1. The van der Waals surface area contributed by atoms with Crippen LogP contribution in [0.2, 0.25) is 0 Å². The van der Waals surface area contributed by atoms with Gasteiger partial charge in [-0.3, -0.25) is 4.79 Å². The van der Waals surface area contributed by atoms with Crippen LogP contribution in [0.4, 0.5) is 5.69 Å². The van der Waals surface area contributed by atoms with Crippen molar-refractivity contribution >= 4 is 24.0 Å². The number of fused-ring (bicyclic) bond motifs is 2. The van der Waals surface area contributed by atoms with Crippen molar-refractivity contribution in [1.29, 1.82) is 0 Å². The van der Waals surface area contributed by atoms with E-state index < -0.39 is 0 Å². The number of amides is 1. The second kappa shape index (κ2) is 6.97. The predicted molar refractivity (Wildman–Crippen MR) is 93.9 cm³/mol. The van der Waals surface area contributed by atoms with Gasteiger partial charge in [-0.1, -0.05) is 0 Å². The van der Waals surface area contributed by atoms with Gasteiger partial charge < -0.3 is 15.8 Å². The van der Waals surface area contributed by atoms with Crippen LogP contribution >= 0.6 is 12.4 Å². The van der Waals surface area contributed by atoms with Crippen molar-refractivity contribution in [2.24, 2.45) is 23.5 Å². The minimum Gasteiger partial charge on any atom is -0.494 e. The standard InChI is InChI=1S/C16H20N6O2.ClH/c1-24-13-5-4-11(7-12(13)22-8-18-20-21-22)19-16(23)14-9-2-3-10(6-9)15(14)17;/h4-5,7-10,14-15H,2-3,6,17H2,1H3,(H,19,23);1H. The summed E-state index contributed by atoms with van der Waals surface area (Å²) in [5.41, 5.74) is 7.61. The highest BCUT2D eigenvalue weighted by molar-refractivity contribution is 5.94. The maximum absolute atomic E-state index is 12.7. The smallest absolute Gasteiger partial charge is 0.229 e. The van der Waals surface area contributed by atoms with Crippen LogP contribution < -0.4 is 15.8 Å². The third-order valence-electron chi connectivity index (χ3n) is 5.33. The Balaban J connectivity index is 0.00000182. The van der Waals surface area contributed by atoms with Crippen molar-refractivity contribution in [2.45, 2.75) is 25.3 Å². The lowest BCUT2D eigenvalue weighted by Gasteiger charge is -2.27. The molecule has 2 saturated carbocycles. The molecule has 1 aromatic carbocycles. The molecule has 9 heteroatoms. The van der Waals surface area contributed by atoms with Gasteiger partial charge in [-0.2, -0.15) is 4.68 Å². The maximum atomic E-state index is 12.7. The Labute approximate surface area is 151 Å². The van der Waals surface area contributed by atoms with Crippen molar-refractivity contribution in [1.82, 2.24) is 20.2 Å². The van der Waals surface area contributed by atoms with E-state index in [2.05, 4.69) is 20.8 Å². The monoisotopic (exact) mass is 364 g/mol. The number of halogens is 1. The molecule has 2 aliphatic carbocycles. The van der Waals surface area contributed by atoms with Gasteiger partial charge in [0.2, 0.25) is 5.91 Å². The van der Waals surface area contributed by atoms with Crippen LogP contribution in [0.25, 0.3) is 5.69 Å². The average Bonchev–Trinajstić information content (AvgIpc) is 3.32. The number of nitrogens with one attached hydrogen (secondary N) is 1. The summed E-state index contributed by atoms with van der Waals surface area (Å²) in [6, 6.07) is 5.36. The molecule has 2 aromatic rings. The first-order valence-electron chi connectivity index (χ1n) is 8.15. The van der Waals surface area contributed by atoms with E-state index in [9.17, 15) is 4.79 Å². The SMILES string of the molecule is COc1ccc(NC(=O)C2C3CCC(C3)C2N)cc1-n1cnnn1.Cl. The molecule has 4 unspecified atom stereocenters. The second-order valence-corrected chi connectivity index (χ2v) is 6.57. The molecule has 2 fully saturated rings. The number of nitrogens with zero attached hydrogens (tertiary/aromatic N) is 4. The van der Waals surface area contributed by atoms with E-state index in [1.54, 1.807) is 19.2 Å². The Kier molecular flexibility index (Phi) is 4.91. The number of ether oxygens (including phenoxy) is 1. The van der Waals surface area contributed by atoms with E-state index in [1.807, 2.05) is 6.07 Å². The van der Waals surface area contributed by atoms with Crippen LogP contribution in [0, 0.1) is 17.8 Å². The lowest BCUT2D eigenvalue weighted by atomic mass is 9.84. The summed E-state index contributed by atoms with van der Waals surface area (Å²) < 4.78 is 6.83. The summed E-state index contributed by atoms with van der Waals surface area (Å²) in [5.74, 6) is 1.45. The quantitative estimate of drug-likeness (QED) is 0.849. The highest BCUT2D eigenvalue weighted by Crippen LogP contribution is 2.48. The van der Waals surface area contributed by atoms with Crippen LogP contribution in [0.5, 0.6) is 5.75 Å². The molecule has 25 heavy (non-hydrogen) atoms. The molecule has 0 aliphatic heterocycles. The molecule has 4 rings (SSSR count). The fraction of sp³-hybridized carbons (Fsp3) is 0.500. The summed E-state index contributed by atoms with van der Waals surface area (Å²) in [6.45, 7) is 0. The van der Waals surface area contributed by atoms with Gasteiger partial charge in [0.25, 0.3) is 0 Å². The Hall–Kier alpha value is -2.19. The van der Waals surface area contributed by atoms with Crippen LogP contribution in [-0.2, 0) is 4.79 Å². The minimum absolute atomic E-state index is 0. The third kappa shape index (κ3) is 3.07. The Morgan fingerprint density at radius 3 is 2.80 bits per heavy atom. The van der Waals surface area contributed by atoms with Crippen molar-refractivity contribution in [3.63, 3.8) is 0 Å². The van der Waals surface area contributed by atoms with Gasteiger partial charge in [0, 0.05) is 11.7 Å². The predicted octanol–water partition coefficient (Wildman–Crippen LogP) is 1.40. The summed E-state index contributed by atoms with van der Waals surface area (Å²) in [4.78, 5) is 12.7. The molecule has 0 radical (unpaired) electrons. The zero-order valence-electron chi connectivity index (χ0n) is 13.8. The maximum Gasteiger partial charge on any atom is 0.229 e. The average molecular weight is 365 g/mol. The van der Waals surface area contributed by atoms with Crippen molar-refractivity contribution in [3.05, 3.63) is 24.5 Å². The van der Waals surface area contributed by atoms with E-state index in [0.29, 0.717) is 29.0 Å². The van der Waals surface area contributed by atoms with Crippen molar-refractivity contribution in [3.8, 4) is 11.4 Å². The van der Waals surface area contributed by atoms with E-state index in [0.717, 1.165) is 19.3 Å². The summed E-state index contributed by atoms with van der Waals surface area (Å²) >= 11 is 0. The molecule has 134 valence electrons. The fourth-order valence-corrected chi connectivity index (χ4v) is 4.17. The number of carbonyl (C=O) groups excluding carboxylic acids is 1. The first-order chi connectivity index (χ1) is 11.7. The van der Waals surface area contributed by atoms with Crippen LogP contribution in [0.3, 0.4) is 0 Å². The largest absolute Gasteiger partial charge is 0.494 e. The molecular formula is C16H21ClN6O2. The van der Waals surface area contributed by atoms with Gasteiger partial charge in [-0.25, -0.2) is 0 Å². The molecule has 0 spiro atoms. The van der Waals surface area contributed by atoms with Gasteiger partial charge in [-0.05, 0) is 59.7 Å². The van der Waals surface area contributed by atoms with Gasteiger partial charge in [-0.15, -0.1) is 17.5 Å². The van der Waals surface area contributed by atoms with Crippen LogP contribution in [0.15, 0.2) is 24.5 Å². The Morgan fingerprint density at radius 2 is 2.16 bits per heavy atom. The number of tetrazole rings is 1. The van der Waals surface area contributed by atoms with E-state index in [1.165, 1.54) is 11.0 Å². The van der Waals surface area contributed by atoms with Gasteiger partial charge >= 0.3 is 0 Å².